The maximum absolute atomic E-state index is 12.1. The van der Waals surface area contributed by atoms with Crippen molar-refractivity contribution in [2.75, 3.05) is 18.0 Å². The van der Waals surface area contributed by atoms with Crippen LogP contribution in [0.3, 0.4) is 0 Å². The molecule has 1 aliphatic rings. The molecule has 1 saturated heterocycles. The normalized spacial score (nSPS) is 17.4. The molecule has 2 N–H and O–H groups in total. The third kappa shape index (κ3) is 5.20. The van der Waals surface area contributed by atoms with Gasteiger partial charge in [0.15, 0.2) is 0 Å². The van der Waals surface area contributed by atoms with Crippen molar-refractivity contribution in [1.29, 1.82) is 0 Å². The lowest BCUT2D eigenvalue weighted by molar-refractivity contribution is 0.0735. The van der Waals surface area contributed by atoms with Crippen molar-refractivity contribution in [1.82, 2.24) is 10.3 Å². The number of pyridine rings is 1. The van der Waals surface area contributed by atoms with Gasteiger partial charge in [-0.2, -0.15) is 0 Å². The van der Waals surface area contributed by atoms with Crippen LogP contribution in [0.1, 0.15) is 57.4 Å². The minimum Gasteiger partial charge on any atom is -0.393 e. The van der Waals surface area contributed by atoms with Crippen LogP contribution in [0.25, 0.3) is 0 Å². The Morgan fingerprint density at radius 3 is 2.58 bits per heavy atom. The number of aliphatic hydroxyl groups is 1. The van der Waals surface area contributed by atoms with E-state index in [1.165, 1.54) is 0 Å². The molecule has 2 heterocycles. The van der Waals surface area contributed by atoms with Gasteiger partial charge in [0.1, 0.15) is 5.69 Å². The van der Waals surface area contributed by atoms with Gasteiger partial charge in [-0.25, -0.2) is 0 Å². The highest BCUT2D eigenvalue weighted by molar-refractivity contribution is 5.93. The fourth-order valence-electron chi connectivity index (χ4n) is 3.29. The Kier molecular flexibility index (Phi) is 6.60. The van der Waals surface area contributed by atoms with Gasteiger partial charge in [-0.05, 0) is 57.1 Å². The zero-order valence-electron chi connectivity index (χ0n) is 15.3. The smallest absolute Gasteiger partial charge is 0.270 e. The maximum Gasteiger partial charge on any atom is 0.270 e. The van der Waals surface area contributed by atoms with E-state index in [4.69, 9.17) is 0 Å². The molecule has 5 nitrogen and oxygen atoms in total. The topological polar surface area (TPSA) is 65.5 Å². The van der Waals surface area contributed by atoms with E-state index in [0.29, 0.717) is 17.5 Å². The van der Waals surface area contributed by atoms with Gasteiger partial charge in [0.2, 0.25) is 0 Å². The summed E-state index contributed by atoms with van der Waals surface area (Å²) >= 11 is 0. The number of hydrogen-bond acceptors (Lipinski definition) is 4. The van der Waals surface area contributed by atoms with Crippen LogP contribution in [0.2, 0.25) is 0 Å². The van der Waals surface area contributed by atoms with E-state index in [1.807, 2.05) is 26.0 Å². The lowest BCUT2D eigenvalue weighted by atomic mass is 9.87. The van der Waals surface area contributed by atoms with Crippen molar-refractivity contribution >= 4 is 11.6 Å². The maximum atomic E-state index is 12.1. The quantitative estimate of drug-likeness (QED) is 0.840. The second kappa shape index (κ2) is 8.47. The SMILES string of the molecule is CC(C)C[C@H](O)C1CCN(c2ccnc(C(=O)NC(C)C)c2)CC1. The number of nitrogens with one attached hydrogen (secondary N) is 1. The molecule has 1 amide bonds. The summed E-state index contributed by atoms with van der Waals surface area (Å²) in [6.07, 6.45) is 4.36. The summed E-state index contributed by atoms with van der Waals surface area (Å²) in [5.41, 5.74) is 1.50. The van der Waals surface area contributed by atoms with E-state index < -0.39 is 0 Å². The molecule has 0 spiro atoms. The standard InChI is InChI=1S/C19H31N3O2/c1-13(2)11-18(23)15-6-9-22(10-7-15)16-5-8-20-17(12-16)19(24)21-14(3)4/h5,8,12-15,18,23H,6-7,9-11H2,1-4H3,(H,21,24)/t18-/m0/s1. The van der Waals surface area contributed by atoms with Gasteiger partial charge in [0.05, 0.1) is 6.10 Å². The Morgan fingerprint density at radius 2 is 2.00 bits per heavy atom. The summed E-state index contributed by atoms with van der Waals surface area (Å²) in [5, 5.41) is 13.2. The first-order valence-electron chi connectivity index (χ1n) is 9.06. The predicted octanol–water partition coefficient (Wildman–Crippen LogP) is 2.84. The number of rotatable bonds is 6. The Hall–Kier alpha value is -1.62. The number of anilines is 1. The average molecular weight is 333 g/mol. The van der Waals surface area contributed by atoms with E-state index >= 15 is 0 Å². The van der Waals surface area contributed by atoms with Crippen molar-refractivity contribution in [2.45, 2.75) is 59.1 Å². The van der Waals surface area contributed by atoms with Gasteiger partial charge in [-0.1, -0.05) is 13.8 Å². The summed E-state index contributed by atoms with van der Waals surface area (Å²) in [6.45, 7) is 10.0. The van der Waals surface area contributed by atoms with Crippen LogP contribution < -0.4 is 10.2 Å². The zero-order chi connectivity index (χ0) is 17.7. The van der Waals surface area contributed by atoms with Gasteiger partial charge in [0.25, 0.3) is 5.91 Å². The molecule has 24 heavy (non-hydrogen) atoms. The summed E-state index contributed by atoms with van der Waals surface area (Å²) in [6, 6.07) is 3.92. The summed E-state index contributed by atoms with van der Waals surface area (Å²) in [7, 11) is 0. The monoisotopic (exact) mass is 333 g/mol. The van der Waals surface area contributed by atoms with Gasteiger partial charge < -0.3 is 15.3 Å². The second-order valence-electron chi connectivity index (χ2n) is 7.55. The first-order valence-corrected chi connectivity index (χ1v) is 9.06. The molecule has 0 saturated carbocycles. The molecule has 1 aromatic heterocycles. The van der Waals surface area contributed by atoms with Crippen molar-refractivity contribution < 1.29 is 9.90 Å². The highest BCUT2D eigenvalue weighted by Gasteiger charge is 2.26. The van der Waals surface area contributed by atoms with Gasteiger partial charge in [0, 0.05) is 31.0 Å². The average Bonchev–Trinajstić information content (AvgIpc) is 2.54. The molecule has 5 heteroatoms. The van der Waals surface area contributed by atoms with E-state index in [1.54, 1.807) is 6.20 Å². The molecule has 0 bridgehead atoms. The van der Waals surface area contributed by atoms with Crippen LogP contribution in [0.4, 0.5) is 5.69 Å². The van der Waals surface area contributed by atoms with Gasteiger partial charge in [-0.15, -0.1) is 0 Å². The Labute approximate surface area is 145 Å². The first-order chi connectivity index (χ1) is 11.4. The molecule has 0 aliphatic carbocycles. The van der Waals surface area contributed by atoms with Crippen molar-refractivity contribution in [2.24, 2.45) is 11.8 Å². The highest BCUT2D eigenvalue weighted by atomic mass is 16.3. The van der Waals surface area contributed by atoms with Crippen LogP contribution in [-0.4, -0.2) is 41.2 Å². The zero-order valence-corrected chi connectivity index (χ0v) is 15.3. The number of piperidine rings is 1. The minimum absolute atomic E-state index is 0.0983. The molecule has 1 aromatic rings. The second-order valence-corrected chi connectivity index (χ2v) is 7.55. The molecule has 1 aliphatic heterocycles. The molecular weight excluding hydrogens is 302 g/mol. The summed E-state index contributed by atoms with van der Waals surface area (Å²) in [4.78, 5) is 18.6. The number of carbonyl (C=O) groups excluding carboxylic acids is 1. The molecular formula is C19H31N3O2. The molecule has 134 valence electrons. The van der Waals surface area contributed by atoms with E-state index in [0.717, 1.165) is 38.0 Å². The number of carbonyl (C=O) groups is 1. The Balaban J connectivity index is 1.95. The minimum atomic E-state index is -0.197. The third-order valence-corrected chi connectivity index (χ3v) is 4.56. The van der Waals surface area contributed by atoms with Crippen molar-refractivity contribution in [3.8, 4) is 0 Å². The number of aromatic nitrogens is 1. The molecule has 1 fully saturated rings. The largest absolute Gasteiger partial charge is 0.393 e. The molecule has 1 atom stereocenters. The molecule has 0 radical (unpaired) electrons. The number of amides is 1. The predicted molar refractivity (Wildman–Crippen MR) is 97.2 cm³/mol. The highest BCUT2D eigenvalue weighted by Crippen LogP contribution is 2.27. The van der Waals surface area contributed by atoms with Gasteiger partial charge >= 0.3 is 0 Å². The van der Waals surface area contributed by atoms with E-state index in [2.05, 4.69) is 29.0 Å². The van der Waals surface area contributed by atoms with Crippen LogP contribution >= 0.6 is 0 Å². The van der Waals surface area contributed by atoms with Crippen molar-refractivity contribution in [3.63, 3.8) is 0 Å². The Bertz CT molecular complexity index is 537. The number of aliphatic hydroxyl groups excluding tert-OH is 1. The van der Waals surface area contributed by atoms with Crippen LogP contribution in [0.15, 0.2) is 18.3 Å². The fourth-order valence-corrected chi connectivity index (χ4v) is 3.29. The molecule has 2 rings (SSSR count). The third-order valence-electron chi connectivity index (χ3n) is 4.56. The summed E-state index contributed by atoms with van der Waals surface area (Å²) < 4.78 is 0. The van der Waals surface area contributed by atoms with Crippen LogP contribution in [0, 0.1) is 11.8 Å². The number of hydrogen-bond donors (Lipinski definition) is 2. The fraction of sp³-hybridized carbons (Fsp3) is 0.684. The van der Waals surface area contributed by atoms with Gasteiger partial charge in [-0.3, -0.25) is 9.78 Å². The molecule has 0 unspecified atom stereocenters. The first kappa shape index (κ1) is 18.7. The van der Waals surface area contributed by atoms with E-state index in [9.17, 15) is 9.90 Å². The molecule has 0 aromatic carbocycles. The van der Waals surface area contributed by atoms with Crippen LogP contribution in [0.5, 0.6) is 0 Å². The lowest BCUT2D eigenvalue weighted by Gasteiger charge is -2.36. The van der Waals surface area contributed by atoms with Crippen LogP contribution in [-0.2, 0) is 0 Å². The van der Waals surface area contributed by atoms with Crippen molar-refractivity contribution in [3.05, 3.63) is 24.0 Å². The number of nitrogens with zero attached hydrogens (tertiary/aromatic N) is 2. The Morgan fingerprint density at radius 1 is 1.33 bits per heavy atom. The van der Waals surface area contributed by atoms with E-state index in [-0.39, 0.29) is 18.1 Å². The summed E-state index contributed by atoms with van der Waals surface area (Å²) in [5.74, 6) is 0.781. The lowest BCUT2D eigenvalue weighted by Crippen LogP contribution is -2.38.